The lowest BCUT2D eigenvalue weighted by Crippen LogP contribution is -2.12. The maximum absolute atomic E-state index is 11.8. The highest BCUT2D eigenvalue weighted by Gasteiger charge is 2.16. The number of nitrogens with one attached hydrogen (secondary N) is 1. The third-order valence-corrected chi connectivity index (χ3v) is 3.75. The first-order valence-corrected chi connectivity index (χ1v) is 6.74. The summed E-state index contributed by atoms with van der Waals surface area (Å²) in [6, 6.07) is 5.23. The van der Waals surface area contributed by atoms with E-state index in [2.05, 4.69) is 5.32 Å². The second kappa shape index (κ2) is 5.89. The van der Waals surface area contributed by atoms with Crippen molar-refractivity contribution < 1.29 is 9.90 Å². The fourth-order valence-electron chi connectivity index (χ4n) is 2.54. The third kappa shape index (κ3) is 3.49. The molecule has 1 saturated carbocycles. The van der Waals surface area contributed by atoms with Crippen LogP contribution in [0.5, 0.6) is 5.75 Å². The predicted molar refractivity (Wildman–Crippen MR) is 72.7 cm³/mol. The number of aromatic hydroxyl groups is 1. The lowest BCUT2D eigenvalue weighted by molar-refractivity contribution is -0.116. The first-order chi connectivity index (χ1) is 8.65. The lowest BCUT2D eigenvalue weighted by Gasteiger charge is -2.09. The van der Waals surface area contributed by atoms with Crippen molar-refractivity contribution in [2.45, 2.75) is 45.4 Å². The van der Waals surface area contributed by atoms with Crippen LogP contribution in [0, 0.1) is 12.8 Å². The van der Waals surface area contributed by atoms with Crippen LogP contribution >= 0.6 is 0 Å². The van der Waals surface area contributed by atoms with Gasteiger partial charge < -0.3 is 10.4 Å². The minimum atomic E-state index is 0.0464. The van der Waals surface area contributed by atoms with Crippen molar-refractivity contribution >= 4 is 11.6 Å². The number of anilines is 1. The Kier molecular flexibility index (Phi) is 4.24. The number of aryl methyl sites for hydroxylation is 1. The molecule has 1 aromatic rings. The SMILES string of the molecule is Cc1ccc(NC(=O)CCC2CCCC2)cc1O. The van der Waals surface area contributed by atoms with Gasteiger partial charge in [0.25, 0.3) is 0 Å². The highest BCUT2D eigenvalue weighted by atomic mass is 16.3. The van der Waals surface area contributed by atoms with Crippen LogP contribution < -0.4 is 5.32 Å². The maximum atomic E-state index is 11.8. The van der Waals surface area contributed by atoms with Crippen molar-refractivity contribution in [3.05, 3.63) is 23.8 Å². The summed E-state index contributed by atoms with van der Waals surface area (Å²) in [5.41, 5.74) is 1.49. The maximum Gasteiger partial charge on any atom is 0.224 e. The Morgan fingerprint density at radius 3 is 2.78 bits per heavy atom. The first kappa shape index (κ1) is 12.9. The van der Waals surface area contributed by atoms with E-state index in [9.17, 15) is 9.90 Å². The van der Waals surface area contributed by atoms with Gasteiger partial charge in [-0.25, -0.2) is 0 Å². The molecule has 0 unspecified atom stereocenters. The van der Waals surface area contributed by atoms with E-state index in [1.54, 1.807) is 6.07 Å². The smallest absolute Gasteiger partial charge is 0.224 e. The molecule has 0 saturated heterocycles. The molecule has 0 radical (unpaired) electrons. The van der Waals surface area contributed by atoms with Crippen LogP contribution in [0.25, 0.3) is 0 Å². The fraction of sp³-hybridized carbons (Fsp3) is 0.533. The molecule has 1 aliphatic carbocycles. The van der Waals surface area contributed by atoms with Crippen LogP contribution in [0.4, 0.5) is 5.69 Å². The molecule has 18 heavy (non-hydrogen) atoms. The molecule has 0 heterocycles. The Bertz CT molecular complexity index is 423. The van der Waals surface area contributed by atoms with Gasteiger partial charge in [0.05, 0.1) is 0 Å². The Hall–Kier alpha value is -1.51. The Morgan fingerprint density at radius 1 is 1.39 bits per heavy atom. The largest absolute Gasteiger partial charge is 0.508 e. The van der Waals surface area contributed by atoms with Crippen LogP contribution in [0.1, 0.15) is 44.1 Å². The fourth-order valence-corrected chi connectivity index (χ4v) is 2.54. The number of rotatable bonds is 4. The molecule has 0 aromatic heterocycles. The normalized spacial score (nSPS) is 15.8. The molecule has 3 nitrogen and oxygen atoms in total. The van der Waals surface area contributed by atoms with Gasteiger partial charge in [0, 0.05) is 18.2 Å². The Morgan fingerprint density at radius 2 is 2.11 bits per heavy atom. The lowest BCUT2D eigenvalue weighted by atomic mass is 10.0. The third-order valence-electron chi connectivity index (χ3n) is 3.75. The van der Waals surface area contributed by atoms with E-state index in [-0.39, 0.29) is 11.7 Å². The minimum absolute atomic E-state index is 0.0464. The van der Waals surface area contributed by atoms with E-state index in [1.165, 1.54) is 25.7 Å². The van der Waals surface area contributed by atoms with E-state index in [0.29, 0.717) is 12.1 Å². The summed E-state index contributed by atoms with van der Waals surface area (Å²) in [4.78, 5) is 11.8. The molecule has 1 aromatic carbocycles. The zero-order valence-electron chi connectivity index (χ0n) is 10.9. The topological polar surface area (TPSA) is 49.3 Å². The number of phenols is 1. The molecule has 1 fully saturated rings. The van der Waals surface area contributed by atoms with Crippen molar-refractivity contribution in [2.24, 2.45) is 5.92 Å². The van der Waals surface area contributed by atoms with Gasteiger partial charge in [-0.15, -0.1) is 0 Å². The van der Waals surface area contributed by atoms with E-state index >= 15 is 0 Å². The van der Waals surface area contributed by atoms with Gasteiger partial charge in [-0.05, 0) is 30.9 Å². The molecule has 0 bridgehead atoms. The van der Waals surface area contributed by atoms with Crippen molar-refractivity contribution in [3.63, 3.8) is 0 Å². The van der Waals surface area contributed by atoms with Crippen molar-refractivity contribution in [1.29, 1.82) is 0 Å². The van der Waals surface area contributed by atoms with Crippen LogP contribution in [0.15, 0.2) is 18.2 Å². The van der Waals surface area contributed by atoms with Gasteiger partial charge in [0.1, 0.15) is 5.75 Å². The highest BCUT2D eigenvalue weighted by molar-refractivity contribution is 5.90. The van der Waals surface area contributed by atoms with E-state index in [4.69, 9.17) is 0 Å². The number of benzene rings is 1. The highest BCUT2D eigenvalue weighted by Crippen LogP contribution is 2.28. The number of carbonyl (C=O) groups is 1. The second-order valence-electron chi connectivity index (χ2n) is 5.24. The van der Waals surface area contributed by atoms with Crippen LogP contribution in [0.2, 0.25) is 0 Å². The van der Waals surface area contributed by atoms with Crippen molar-refractivity contribution in [1.82, 2.24) is 0 Å². The van der Waals surface area contributed by atoms with E-state index in [1.807, 2.05) is 19.1 Å². The zero-order valence-corrected chi connectivity index (χ0v) is 10.9. The number of amides is 1. The van der Waals surface area contributed by atoms with Gasteiger partial charge in [-0.2, -0.15) is 0 Å². The molecule has 98 valence electrons. The summed E-state index contributed by atoms with van der Waals surface area (Å²) in [5.74, 6) is 1.01. The van der Waals surface area contributed by atoms with Gasteiger partial charge in [0.2, 0.25) is 5.91 Å². The standard InChI is InChI=1S/C15H21NO2/c1-11-6-8-13(10-14(11)17)16-15(18)9-7-12-4-2-3-5-12/h6,8,10,12,17H,2-5,7,9H2,1H3,(H,16,18). The van der Waals surface area contributed by atoms with E-state index < -0.39 is 0 Å². The second-order valence-corrected chi connectivity index (χ2v) is 5.24. The van der Waals surface area contributed by atoms with Crippen molar-refractivity contribution in [3.8, 4) is 5.75 Å². The summed E-state index contributed by atoms with van der Waals surface area (Å²) in [5, 5.41) is 12.4. The van der Waals surface area contributed by atoms with E-state index in [0.717, 1.165) is 17.9 Å². The molecule has 1 aliphatic rings. The summed E-state index contributed by atoms with van der Waals surface area (Å²) >= 11 is 0. The average Bonchev–Trinajstić information content (AvgIpc) is 2.84. The number of hydrogen-bond donors (Lipinski definition) is 2. The molecular formula is C15H21NO2. The molecule has 0 atom stereocenters. The van der Waals surface area contributed by atoms with Crippen LogP contribution in [-0.4, -0.2) is 11.0 Å². The summed E-state index contributed by atoms with van der Waals surface area (Å²) in [6.45, 7) is 1.83. The van der Waals surface area contributed by atoms with Gasteiger partial charge in [-0.1, -0.05) is 31.7 Å². The Labute approximate surface area is 108 Å². The molecule has 0 spiro atoms. The summed E-state index contributed by atoms with van der Waals surface area (Å²) < 4.78 is 0. The number of carbonyl (C=O) groups excluding carboxylic acids is 1. The van der Waals surface area contributed by atoms with Gasteiger partial charge in [-0.3, -0.25) is 4.79 Å². The minimum Gasteiger partial charge on any atom is -0.508 e. The number of hydrogen-bond acceptors (Lipinski definition) is 2. The average molecular weight is 247 g/mol. The first-order valence-electron chi connectivity index (χ1n) is 6.74. The molecule has 1 amide bonds. The molecule has 2 rings (SSSR count). The molecule has 2 N–H and O–H groups in total. The molecule has 0 aliphatic heterocycles. The predicted octanol–water partition coefficient (Wildman–Crippen LogP) is 3.61. The van der Waals surface area contributed by atoms with Crippen LogP contribution in [-0.2, 0) is 4.79 Å². The molecular weight excluding hydrogens is 226 g/mol. The summed E-state index contributed by atoms with van der Waals surface area (Å²) in [7, 11) is 0. The Balaban J connectivity index is 1.80. The number of phenolic OH excluding ortho intramolecular Hbond substituents is 1. The van der Waals surface area contributed by atoms with Crippen LogP contribution in [0.3, 0.4) is 0 Å². The zero-order chi connectivity index (χ0) is 13.0. The quantitative estimate of drug-likeness (QED) is 0.854. The molecule has 3 heteroatoms. The van der Waals surface area contributed by atoms with Crippen molar-refractivity contribution in [2.75, 3.05) is 5.32 Å². The van der Waals surface area contributed by atoms with Gasteiger partial charge >= 0.3 is 0 Å². The van der Waals surface area contributed by atoms with Gasteiger partial charge in [0.15, 0.2) is 0 Å². The monoisotopic (exact) mass is 247 g/mol. The summed E-state index contributed by atoms with van der Waals surface area (Å²) in [6.07, 6.45) is 6.76.